The van der Waals surface area contributed by atoms with Gasteiger partial charge in [-0.1, -0.05) is 0 Å². The number of primary sulfonamides is 1. The first-order valence-corrected chi connectivity index (χ1v) is 7.12. The van der Waals surface area contributed by atoms with Gasteiger partial charge in [0.05, 0.1) is 24.2 Å². The van der Waals surface area contributed by atoms with E-state index in [0.717, 1.165) is 0 Å². The molecule has 7 nitrogen and oxygen atoms in total. The van der Waals surface area contributed by atoms with Crippen molar-refractivity contribution in [3.05, 3.63) is 24.3 Å². The Balaban J connectivity index is 2.10. The fraction of sp³-hybridized carbons (Fsp3) is 0.364. The number of benzene rings is 1. The number of anilines is 1. The fourth-order valence-corrected chi connectivity index (χ4v) is 2.41. The number of carbonyl (C=O) groups is 1. The van der Waals surface area contributed by atoms with Crippen LogP contribution in [0.25, 0.3) is 0 Å². The topological polar surface area (TPSA) is 119 Å². The lowest BCUT2D eigenvalue weighted by molar-refractivity contribution is -0.141. The Labute approximate surface area is 110 Å². The van der Waals surface area contributed by atoms with Crippen LogP contribution in [0.4, 0.5) is 5.69 Å². The van der Waals surface area contributed by atoms with Crippen LogP contribution in [0.2, 0.25) is 0 Å². The van der Waals surface area contributed by atoms with E-state index in [4.69, 9.17) is 15.0 Å². The van der Waals surface area contributed by atoms with E-state index >= 15 is 0 Å². The molecule has 0 spiro atoms. The molecule has 4 N–H and O–H groups in total. The van der Waals surface area contributed by atoms with Crippen LogP contribution in [-0.2, 0) is 19.6 Å². The van der Waals surface area contributed by atoms with Crippen molar-refractivity contribution in [1.29, 1.82) is 0 Å². The number of hydrogen-bond donors (Lipinski definition) is 3. The third-order valence-corrected chi connectivity index (χ3v) is 3.86. The van der Waals surface area contributed by atoms with Gasteiger partial charge >= 0.3 is 5.97 Å². The number of carboxylic acid groups (broad SMARTS) is 1. The molecule has 19 heavy (non-hydrogen) atoms. The van der Waals surface area contributed by atoms with Gasteiger partial charge in [0, 0.05) is 5.69 Å². The van der Waals surface area contributed by atoms with Crippen molar-refractivity contribution in [2.75, 3.05) is 18.5 Å². The molecule has 0 aliphatic carbocycles. The van der Waals surface area contributed by atoms with Crippen LogP contribution in [0.15, 0.2) is 29.2 Å². The molecule has 2 rings (SSSR count). The normalized spacial score (nSPS) is 23.2. The van der Waals surface area contributed by atoms with Gasteiger partial charge in [-0.2, -0.15) is 0 Å². The minimum absolute atomic E-state index is 0.00973. The van der Waals surface area contributed by atoms with Crippen LogP contribution < -0.4 is 10.5 Å². The first-order valence-electron chi connectivity index (χ1n) is 5.58. The van der Waals surface area contributed by atoms with Crippen molar-refractivity contribution in [3.8, 4) is 0 Å². The predicted octanol–water partition coefficient (Wildman–Crippen LogP) is -0.154. The number of hydrogen-bond acceptors (Lipinski definition) is 5. The lowest BCUT2D eigenvalue weighted by atomic mass is 10.0. The smallest absolute Gasteiger partial charge is 0.311 e. The molecule has 1 aliphatic rings. The summed E-state index contributed by atoms with van der Waals surface area (Å²) in [5.74, 6) is -1.53. The number of nitrogens with one attached hydrogen (secondary N) is 1. The van der Waals surface area contributed by atoms with Crippen LogP contribution in [0.3, 0.4) is 0 Å². The van der Waals surface area contributed by atoms with Gasteiger partial charge in [-0.3, -0.25) is 4.79 Å². The zero-order chi connectivity index (χ0) is 14.0. The maximum atomic E-state index is 11.1. The third kappa shape index (κ3) is 3.22. The van der Waals surface area contributed by atoms with E-state index in [1.807, 2.05) is 0 Å². The quantitative estimate of drug-likeness (QED) is 0.708. The maximum Gasteiger partial charge on any atom is 0.311 e. The summed E-state index contributed by atoms with van der Waals surface area (Å²) in [4.78, 5) is 11.0. The zero-order valence-corrected chi connectivity index (χ0v) is 10.8. The average molecular weight is 286 g/mol. The molecule has 2 unspecified atom stereocenters. The predicted molar refractivity (Wildman–Crippen MR) is 67.2 cm³/mol. The Morgan fingerprint density at radius 2 is 1.95 bits per heavy atom. The molecular weight excluding hydrogens is 272 g/mol. The van der Waals surface area contributed by atoms with Gasteiger partial charge < -0.3 is 15.2 Å². The Morgan fingerprint density at radius 1 is 1.32 bits per heavy atom. The van der Waals surface area contributed by atoms with Crippen LogP contribution in [0, 0.1) is 5.92 Å². The highest BCUT2D eigenvalue weighted by Gasteiger charge is 2.33. The first-order chi connectivity index (χ1) is 8.88. The minimum atomic E-state index is -3.72. The van der Waals surface area contributed by atoms with Gasteiger partial charge in [0.25, 0.3) is 0 Å². The lowest BCUT2D eigenvalue weighted by Crippen LogP contribution is -2.33. The van der Waals surface area contributed by atoms with Gasteiger partial charge in [0.2, 0.25) is 10.0 Å². The second-order valence-corrected chi connectivity index (χ2v) is 5.86. The maximum absolute atomic E-state index is 11.1. The summed E-state index contributed by atoms with van der Waals surface area (Å²) in [6.07, 6.45) is 0. The highest BCUT2D eigenvalue weighted by atomic mass is 32.2. The molecule has 0 saturated carbocycles. The molecular formula is C11H14N2O5S. The highest BCUT2D eigenvalue weighted by Crippen LogP contribution is 2.20. The molecule has 1 fully saturated rings. The van der Waals surface area contributed by atoms with Crippen LogP contribution >= 0.6 is 0 Å². The summed E-state index contributed by atoms with van der Waals surface area (Å²) in [5, 5.41) is 17.0. The molecule has 1 aliphatic heterocycles. The Morgan fingerprint density at radius 3 is 2.47 bits per heavy atom. The van der Waals surface area contributed by atoms with Gasteiger partial charge in [-0.15, -0.1) is 0 Å². The Bertz CT molecular complexity index is 569. The van der Waals surface area contributed by atoms with Gasteiger partial charge in [-0.05, 0) is 24.3 Å². The summed E-state index contributed by atoms with van der Waals surface area (Å²) in [5.41, 5.74) is 0.620. The molecule has 0 bridgehead atoms. The van der Waals surface area contributed by atoms with Gasteiger partial charge in [0.15, 0.2) is 0 Å². The molecule has 1 saturated heterocycles. The molecule has 0 amide bonds. The SMILES string of the molecule is NS(=O)(=O)c1ccc(NC2COCC2C(=O)O)cc1. The van der Waals surface area contributed by atoms with E-state index in [0.29, 0.717) is 12.3 Å². The summed E-state index contributed by atoms with van der Waals surface area (Å²) < 4.78 is 27.3. The Kier molecular flexibility index (Phi) is 3.74. The van der Waals surface area contributed by atoms with E-state index in [-0.39, 0.29) is 17.5 Å². The number of carboxylic acids is 1. The van der Waals surface area contributed by atoms with Gasteiger partial charge in [0.1, 0.15) is 5.92 Å². The first kappa shape index (κ1) is 13.8. The van der Waals surface area contributed by atoms with Crippen molar-refractivity contribution >= 4 is 21.7 Å². The fourth-order valence-electron chi connectivity index (χ4n) is 1.89. The Hall–Kier alpha value is -1.64. The standard InChI is InChI=1S/C11H14N2O5S/c12-19(16,17)8-3-1-7(2-4-8)13-10-6-18-5-9(10)11(14)15/h1-4,9-10,13H,5-6H2,(H,14,15)(H2,12,16,17). The number of rotatable bonds is 4. The summed E-state index contributed by atoms with van der Waals surface area (Å²) in [7, 11) is -3.72. The van der Waals surface area contributed by atoms with Crippen LogP contribution in [0.1, 0.15) is 0 Å². The number of sulfonamides is 1. The van der Waals surface area contributed by atoms with E-state index in [1.165, 1.54) is 24.3 Å². The van der Waals surface area contributed by atoms with Crippen molar-refractivity contribution < 1.29 is 23.1 Å². The van der Waals surface area contributed by atoms with Crippen LogP contribution in [-0.4, -0.2) is 38.7 Å². The van der Waals surface area contributed by atoms with Crippen molar-refractivity contribution in [2.45, 2.75) is 10.9 Å². The molecule has 1 heterocycles. The number of aliphatic carboxylic acids is 1. The molecule has 0 aromatic heterocycles. The molecule has 1 aromatic carbocycles. The zero-order valence-electron chi connectivity index (χ0n) is 9.94. The van der Waals surface area contributed by atoms with Crippen LogP contribution in [0.5, 0.6) is 0 Å². The summed E-state index contributed by atoms with van der Waals surface area (Å²) >= 11 is 0. The monoisotopic (exact) mass is 286 g/mol. The minimum Gasteiger partial charge on any atom is -0.481 e. The van der Waals surface area contributed by atoms with Crippen molar-refractivity contribution in [3.63, 3.8) is 0 Å². The molecule has 8 heteroatoms. The van der Waals surface area contributed by atoms with Crippen molar-refractivity contribution in [1.82, 2.24) is 0 Å². The third-order valence-electron chi connectivity index (χ3n) is 2.93. The molecule has 104 valence electrons. The second-order valence-electron chi connectivity index (χ2n) is 4.30. The van der Waals surface area contributed by atoms with E-state index in [9.17, 15) is 13.2 Å². The molecule has 1 aromatic rings. The highest BCUT2D eigenvalue weighted by molar-refractivity contribution is 7.89. The summed E-state index contributed by atoms with van der Waals surface area (Å²) in [6, 6.07) is 5.47. The van der Waals surface area contributed by atoms with E-state index in [1.54, 1.807) is 0 Å². The lowest BCUT2D eigenvalue weighted by Gasteiger charge is -2.17. The number of nitrogens with two attached hydrogens (primary N) is 1. The average Bonchev–Trinajstić information content (AvgIpc) is 2.77. The molecule has 0 radical (unpaired) electrons. The molecule has 2 atom stereocenters. The van der Waals surface area contributed by atoms with Gasteiger partial charge in [-0.25, -0.2) is 13.6 Å². The second kappa shape index (κ2) is 5.16. The summed E-state index contributed by atoms with van der Waals surface area (Å²) in [6.45, 7) is 0.468. The van der Waals surface area contributed by atoms with E-state index in [2.05, 4.69) is 5.32 Å². The number of ether oxygens (including phenoxy) is 1. The largest absolute Gasteiger partial charge is 0.481 e. The van der Waals surface area contributed by atoms with E-state index < -0.39 is 21.9 Å². The van der Waals surface area contributed by atoms with Crippen molar-refractivity contribution in [2.24, 2.45) is 11.1 Å².